The number of nitrogens with one attached hydrogen (secondary N) is 1. The van der Waals surface area contributed by atoms with Crippen LogP contribution in [0.5, 0.6) is 5.75 Å². The van der Waals surface area contributed by atoms with Gasteiger partial charge in [0.15, 0.2) is 11.6 Å². The van der Waals surface area contributed by atoms with Crippen molar-refractivity contribution >= 4 is 34.7 Å². The summed E-state index contributed by atoms with van der Waals surface area (Å²) in [6.45, 7) is 6.36. The highest BCUT2D eigenvalue weighted by molar-refractivity contribution is 6.32. The number of allylic oxidation sites excluding steroid dienone is 1. The molecule has 176 valence electrons. The van der Waals surface area contributed by atoms with Crippen LogP contribution in [0.15, 0.2) is 55.3 Å². The Morgan fingerprint density at radius 3 is 2.74 bits per heavy atom. The number of carbonyl (C=O) groups excluding carboxylic acids is 1. The summed E-state index contributed by atoms with van der Waals surface area (Å²) in [6, 6.07) is 10.1. The molecule has 1 fully saturated rings. The Morgan fingerprint density at radius 1 is 1.26 bits per heavy atom. The number of aromatic nitrogens is 2. The summed E-state index contributed by atoms with van der Waals surface area (Å²) < 4.78 is 14.9. The van der Waals surface area contributed by atoms with Gasteiger partial charge in [-0.1, -0.05) is 36.4 Å². The summed E-state index contributed by atoms with van der Waals surface area (Å²) in [7, 11) is 2.01. The highest BCUT2D eigenvalue weighted by atomic mass is 35.5. The Balaban J connectivity index is 1.58. The first kappa shape index (κ1) is 23.7. The number of anilines is 3. The van der Waals surface area contributed by atoms with Gasteiger partial charge in [0.2, 0.25) is 5.95 Å². The Kier molecular flexibility index (Phi) is 7.09. The number of carbonyl (C=O) groups is 1. The smallest absolute Gasteiger partial charge is 0.227 e. The summed E-state index contributed by atoms with van der Waals surface area (Å²) in [5.41, 5.74) is 2.49. The minimum absolute atomic E-state index is 0.0878. The summed E-state index contributed by atoms with van der Waals surface area (Å²) in [4.78, 5) is 24.4. The molecule has 7 nitrogen and oxygen atoms in total. The van der Waals surface area contributed by atoms with E-state index in [0.717, 1.165) is 18.7 Å². The Bertz CT molecular complexity index is 1200. The van der Waals surface area contributed by atoms with E-state index in [1.54, 1.807) is 0 Å². The van der Waals surface area contributed by atoms with Crippen molar-refractivity contribution in [2.45, 2.75) is 6.42 Å². The number of phenolic OH excluding ortho intramolecular Hbond substituents is 1. The first-order chi connectivity index (χ1) is 16.3. The van der Waals surface area contributed by atoms with Gasteiger partial charge in [0, 0.05) is 49.9 Å². The fourth-order valence-corrected chi connectivity index (χ4v) is 4.06. The van der Waals surface area contributed by atoms with Crippen LogP contribution in [0.1, 0.15) is 5.56 Å². The SMILES string of the molecule is C=CC(=O)Cc1cccc(-c2nc(Nc3cc(O)c(N4CCN(C)CC4)c(F)c3)ncc2Cl)c1. The number of hydrogen-bond donors (Lipinski definition) is 2. The van der Waals surface area contributed by atoms with Gasteiger partial charge in [0.05, 0.1) is 16.9 Å². The maximum Gasteiger partial charge on any atom is 0.227 e. The van der Waals surface area contributed by atoms with Crippen molar-refractivity contribution in [1.82, 2.24) is 14.9 Å². The van der Waals surface area contributed by atoms with Crippen molar-refractivity contribution in [2.24, 2.45) is 0 Å². The number of likely N-dealkylation sites (N-methyl/N-ethyl adjacent to an activating group) is 1. The van der Waals surface area contributed by atoms with Crippen LogP contribution in [-0.2, 0) is 11.2 Å². The van der Waals surface area contributed by atoms with Crippen LogP contribution in [-0.4, -0.2) is 59.0 Å². The van der Waals surface area contributed by atoms with E-state index in [1.807, 2.05) is 36.2 Å². The van der Waals surface area contributed by atoms with Gasteiger partial charge >= 0.3 is 0 Å². The lowest BCUT2D eigenvalue weighted by Crippen LogP contribution is -2.44. The van der Waals surface area contributed by atoms with E-state index in [2.05, 4.69) is 26.8 Å². The molecular weight excluding hydrogens is 457 g/mol. The lowest BCUT2D eigenvalue weighted by Gasteiger charge is -2.34. The molecule has 1 saturated heterocycles. The Morgan fingerprint density at radius 2 is 2.03 bits per heavy atom. The zero-order chi connectivity index (χ0) is 24.2. The second-order valence-corrected chi connectivity index (χ2v) is 8.59. The third-order valence-electron chi connectivity index (χ3n) is 5.67. The van der Waals surface area contributed by atoms with Crippen LogP contribution in [0, 0.1) is 5.82 Å². The Hall–Kier alpha value is -3.49. The molecule has 0 unspecified atom stereocenters. The van der Waals surface area contributed by atoms with E-state index in [1.165, 1.54) is 24.4 Å². The first-order valence-corrected chi connectivity index (χ1v) is 11.2. The highest BCUT2D eigenvalue weighted by Crippen LogP contribution is 2.35. The van der Waals surface area contributed by atoms with Gasteiger partial charge in [-0.05, 0) is 30.8 Å². The van der Waals surface area contributed by atoms with E-state index in [-0.39, 0.29) is 29.6 Å². The molecule has 0 saturated carbocycles. The van der Waals surface area contributed by atoms with Gasteiger partial charge in [-0.25, -0.2) is 14.4 Å². The Labute approximate surface area is 202 Å². The third kappa shape index (κ3) is 5.35. The molecule has 2 heterocycles. The number of rotatable bonds is 7. The van der Waals surface area contributed by atoms with Gasteiger partial charge in [0.1, 0.15) is 11.4 Å². The average molecular weight is 482 g/mol. The fraction of sp³-hybridized carbons (Fsp3) is 0.240. The molecule has 0 atom stereocenters. The number of piperazine rings is 1. The minimum atomic E-state index is -0.527. The number of aromatic hydroxyl groups is 1. The first-order valence-electron chi connectivity index (χ1n) is 10.8. The van der Waals surface area contributed by atoms with Crippen molar-refractivity contribution in [3.8, 4) is 17.0 Å². The lowest BCUT2D eigenvalue weighted by molar-refractivity contribution is -0.114. The monoisotopic (exact) mass is 481 g/mol. The molecule has 0 spiro atoms. The second kappa shape index (κ2) is 10.2. The molecule has 0 bridgehead atoms. The maximum absolute atomic E-state index is 14.9. The number of nitrogens with zero attached hydrogens (tertiary/aromatic N) is 4. The molecule has 4 rings (SSSR count). The normalized spacial score (nSPS) is 14.1. The molecule has 1 aromatic heterocycles. The van der Waals surface area contributed by atoms with Crippen molar-refractivity contribution in [3.05, 3.63) is 71.7 Å². The van der Waals surface area contributed by atoms with Crippen LogP contribution < -0.4 is 10.2 Å². The van der Waals surface area contributed by atoms with Crippen molar-refractivity contribution in [2.75, 3.05) is 43.4 Å². The molecule has 1 aliphatic rings. The predicted octanol–water partition coefficient (Wildman–Crippen LogP) is 4.43. The number of ketones is 1. The molecule has 0 aliphatic carbocycles. The topological polar surface area (TPSA) is 81.6 Å². The molecule has 1 aliphatic heterocycles. The molecule has 0 amide bonds. The molecule has 0 radical (unpaired) electrons. The van der Waals surface area contributed by atoms with E-state index >= 15 is 0 Å². The molecule has 9 heteroatoms. The van der Waals surface area contributed by atoms with Crippen molar-refractivity contribution in [3.63, 3.8) is 0 Å². The van der Waals surface area contributed by atoms with Crippen molar-refractivity contribution in [1.29, 1.82) is 0 Å². The summed E-state index contributed by atoms with van der Waals surface area (Å²) in [5.74, 6) is -0.574. The predicted molar refractivity (Wildman–Crippen MR) is 132 cm³/mol. The van der Waals surface area contributed by atoms with Crippen LogP contribution in [0.2, 0.25) is 5.02 Å². The van der Waals surface area contributed by atoms with E-state index in [0.29, 0.717) is 35.1 Å². The largest absolute Gasteiger partial charge is 0.506 e. The van der Waals surface area contributed by atoms with Crippen LogP contribution in [0.25, 0.3) is 11.3 Å². The van der Waals surface area contributed by atoms with Gasteiger partial charge in [-0.3, -0.25) is 4.79 Å². The lowest BCUT2D eigenvalue weighted by atomic mass is 10.0. The van der Waals surface area contributed by atoms with E-state index < -0.39 is 5.82 Å². The third-order valence-corrected chi connectivity index (χ3v) is 5.95. The van der Waals surface area contributed by atoms with Gasteiger partial charge in [-0.2, -0.15) is 0 Å². The van der Waals surface area contributed by atoms with E-state index in [4.69, 9.17) is 11.6 Å². The van der Waals surface area contributed by atoms with Crippen LogP contribution in [0.3, 0.4) is 0 Å². The van der Waals surface area contributed by atoms with Crippen LogP contribution >= 0.6 is 11.6 Å². The maximum atomic E-state index is 14.9. The van der Waals surface area contributed by atoms with Gasteiger partial charge < -0.3 is 20.2 Å². The molecular formula is C25H25ClFN5O2. The zero-order valence-electron chi connectivity index (χ0n) is 18.8. The quantitative estimate of drug-likeness (QED) is 0.483. The van der Waals surface area contributed by atoms with E-state index in [9.17, 15) is 14.3 Å². The standard InChI is InChI=1S/C25H25ClFN5O2/c1-3-19(33)12-16-5-4-6-17(11-16)23-20(26)15-28-25(30-23)29-18-13-21(27)24(22(34)14-18)32-9-7-31(2)8-10-32/h3-6,11,13-15,34H,1,7-10,12H2,2H3,(H,28,29,30). The number of benzene rings is 2. The zero-order valence-corrected chi connectivity index (χ0v) is 19.5. The molecule has 2 aromatic carbocycles. The summed E-state index contributed by atoms with van der Waals surface area (Å²) in [5, 5.41) is 13.8. The second-order valence-electron chi connectivity index (χ2n) is 8.18. The molecule has 2 N–H and O–H groups in total. The summed E-state index contributed by atoms with van der Waals surface area (Å²) >= 11 is 6.34. The van der Waals surface area contributed by atoms with Gasteiger partial charge in [-0.15, -0.1) is 0 Å². The number of phenols is 1. The molecule has 3 aromatic rings. The van der Waals surface area contributed by atoms with Crippen molar-refractivity contribution < 1.29 is 14.3 Å². The fourth-order valence-electron chi connectivity index (χ4n) is 3.86. The highest BCUT2D eigenvalue weighted by Gasteiger charge is 2.21. The summed E-state index contributed by atoms with van der Waals surface area (Å²) in [6.07, 6.45) is 2.96. The minimum Gasteiger partial charge on any atom is -0.506 e. The van der Waals surface area contributed by atoms with Gasteiger partial charge in [0.25, 0.3) is 0 Å². The molecule has 34 heavy (non-hydrogen) atoms. The van der Waals surface area contributed by atoms with Crippen LogP contribution in [0.4, 0.5) is 21.7 Å². The number of hydrogen-bond acceptors (Lipinski definition) is 7. The average Bonchev–Trinajstić information content (AvgIpc) is 2.81. The number of halogens is 2.